The molecule has 0 radical (unpaired) electrons. The van der Waals surface area contributed by atoms with E-state index >= 15 is 0 Å². The van der Waals surface area contributed by atoms with Gasteiger partial charge in [-0.1, -0.05) is 35.0 Å². The Kier molecular flexibility index (Phi) is 4.42. The van der Waals surface area contributed by atoms with Gasteiger partial charge in [0.1, 0.15) is 17.0 Å². The second kappa shape index (κ2) is 6.87. The fraction of sp³-hybridized carbons (Fsp3) is 0.353. The van der Waals surface area contributed by atoms with Crippen molar-refractivity contribution in [1.29, 1.82) is 0 Å². The standard InChI is InChI=1S/C17H17ClN6O2/c1-10-15(16(21-26-10)12-4-2-3-5-13(12)18)17(25)19-8-14-20-22-23-24(14)9-11-6-7-11/h2-5,11H,6-9H2,1H3,(H,19,25). The summed E-state index contributed by atoms with van der Waals surface area (Å²) in [6, 6.07) is 7.19. The number of halogens is 1. The van der Waals surface area contributed by atoms with Crippen molar-refractivity contribution >= 4 is 17.5 Å². The van der Waals surface area contributed by atoms with E-state index in [1.807, 2.05) is 12.1 Å². The molecule has 3 aromatic rings. The SMILES string of the molecule is Cc1onc(-c2ccccc2Cl)c1C(=O)NCc1nnnn1CC1CC1. The molecule has 2 aromatic heterocycles. The van der Waals surface area contributed by atoms with Crippen molar-refractivity contribution in [2.45, 2.75) is 32.9 Å². The molecular formula is C17H17ClN6O2. The molecule has 134 valence electrons. The topological polar surface area (TPSA) is 98.7 Å². The zero-order chi connectivity index (χ0) is 18.1. The van der Waals surface area contributed by atoms with Crippen LogP contribution >= 0.6 is 11.6 Å². The monoisotopic (exact) mass is 372 g/mol. The zero-order valence-electron chi connectivity index (χ0n) is 14.1. The Labute approximate surface area is 154 Å². The van der Waals surface area contributed by atoms with Crippen LogP contribution in [0.2, 0.25) is 5.02 Å². The van der Waals surface area contributed by atoms with Crippen LogP contribution in [0.15, 0.2) is 28.8 Å². The van der Waals surface area contributed by atoms with E-state index in [1.165, 1.54) is 12.8 Å². The van der Waals surface area contributed by atoms with E-state index in [0.29, 0.717) is 39.3 Å². The van der Waals surface area contributed by atoms with E-state index in [0.717, 1.165) is 6.54 Å². The maximum Gasteiger partial charge on any atom is 0.257 e. The van der Waals surface area contributed by atoms with Gasteiger partial charge < -0.3 is 9.84 Å². The van der Waals surface area contributed by atoms with Crippen LogP contribution in [0.3, 0.4) is 0 Å². The maximum atomic E-state index is 12.7. The summed E-state index contributed by atoms with van der Waals surface area (Å²) in [5, 5.41) is 19.0. The second-order valence-corrected chi connectivity index (χ2v) is 6.75. The number of nitrogens with zero attached hydrogens (tertiary/aromatic N) is 5. The van der Waals surface area contributed by atoms with Gasteiger partial charge in [-0.15, -0.1) is 5.10 Å². The average molecular weight is 373 g/mol. The molecule has 0 atom stereocenters. The minimum absolute atomic E-state index is 0.227. The Hall–Kier alpha value is -2.74. The molecule has 2 heterocycles. The van der Waals surface area contributed by atoms with Crippen molar-refractivity contribution < 1.29 is 9.32 Å². The normalized spacial score (nSPS) is 13.8. The molecule has 0 saturated heterocycles. The summed E-state index contributed by atoms with van der Waals surface area (Å²) in [4.78, 5) is 12.7. The molecule has 0 spiro atoms. The minimum atomic E-state index is -0.306. The van der Waals surface area contributed by atoms with Gasteiger partial charge in [-0.25, -0.2) is 4.68 Å². The lowest BCUT2D eigenvalue weighted by atomic mass is 10.1. The first-order valence-electron chi connectivity index (χ1n) is 8.38. The lowest BCUT2D eigenvalue weighted by Crippen LogP contribution is -2.26. The molecule has 4 rings (SSSR count). The minimum Gasteiger partial charge on any atom is -0.360 e. The third kappa shape index (κ3) is 3.32. The van der Waals surface area contributed by atoms with Crippen LogP contribution in [-0.2, 0) is 13.1 Å². The van der Waals surface area contributed by atoms with Gasteiger partial charge >= 0.3 is 0 Å². The summed E-state index contributed by atoms with van der Waals surface area (Å²) in [5.74, 6) is 1.38. The van der Waals surface area contributed by atoms with Gasteiger partial charge in [0.15, 0.2) is 5.82 Å². The lowest BCUT2D eigenvalue weighted by molar-refractivity contribution is 0.0948. The number of tetrazole rings is 1. The molecule has 1 aliphatic rings. The molecule has 1 N–H and O–H groups in total. The molecule has 1 saturated carbocycles. The molecule has 9 heteroatoms. The number of hydrogen-bond acceptors (Lipinski definition) is 6. The molecule has 1 aliphatic carbocycles. The van der Waals surface area contributed by atoms with E-state index in [9.17, 15) is 4.79 Å². The first-order chi connectivity index (χ1) is 12.6. The Bertz CT molecular complexity index is 946. The third-order valence-corrected chi connectivity index (χ3v) is 4.69. The number of carbonyl (C=O) groups excluding carboxylic acids is 1. The molecule has 0 unspecified atom stereocenters. The van der Waals surface area contributed by atoms with Crippen molar-refractivity contribution in [2.24, 2.45) is 5.92 Å². The van der Waals surface area contributed by atoms with Crippen LogP contribution in [0.25, 0.3) is 11.3 Å². The molecule has 1 amide bonds. The summed E-state index contributed by atoms with van der Waals surface area (Å²) >= 11 is 6.23. The maximum absolute atomic E-state index is 12.7. The number of aryl methyl sites for hydroxylation is 1. The fourth-order valence-electron chi connectivity index (χ4n) is 2.76. The van der Waals surface area contributed by atoms with Crippen LogP contribution < -0.4 is 5.32 Å². The molecule has 0 bridgehead atoms. The second-order valence-electron chi connectivity index (χ2n) is 6.35. The van der Waals surface area contributed by atoms with E-state index in [4.69, 9.17) is 16.1 Å². The quantitative estimate of drug-likeness (QED) is 0.714. The van der Waals surface area contributed by atoms with E-state index in [2.05, 4.69) is 26.0 Å². The summed E-state index contributed by atoms with van der Waals surface area (Å²) in [5.41, 5.74) is 1.43. The first kappa shape index (κ1) is 16.7. The molecule has 0 aliphatic heterocycles. The Morgan fingerprint density at radius 3 is 2.96 bits per heavy atom. The number of nitrogens with one attached hydrogen (secondary N) is 1. The number of benzene rings is 1. The highest BCUT2D eigenvalue weighted by atomic mass is 35.5. The van der Waals surface area contributed by atoms with E-state index in [-0.39, 0.29) is 12.5 Å². The molecule has 8 nitrogen and oxygen atoms in total. The van der Waals surface area contributed by atoms with Gasteiger partial charge in [0, 0.05) is 12.1 Å². The van der Waals surface area contributed by atoms with Gasteiger partial charge in [0.25, 0.3) is 5.91 Å². The number of carbonyl (C=O) groups is 1. The third-order valence-electron chi connectivity index (χ3n) is 4.36. The molecule has 1 aromatic carbocycles. The highest BCUT2D eigenvalue weighted by molar-refractivity contribution is 6.33. The van der Waals surface area contributed by atoms with Crippen molar-refractivity contribution in [3.05, 3.63) is 46.4 Å². The predicted molar refractivity (Wildman–Crippen MR) is 93.4 cm³/mol. The fourth-order valence-corrected chi connectivity index (χ4v) is 2.99. The van der Waals surface area contributed by atoms with Gasteiger partial charge in [-0.05, 0) is 42.2 Å². The number of aromatic nitrogens is 5. The molecular weight excluding hydrogens is 356 g/mol. The van der Waals surface area contributed by atoms with Crippen LogP contribution in [0, 0.1) is 12.8 Å². The molecule has 26 heavy (non-hydrogen) atoms. The lowest BCUT2D eigenvalue weighted by Gasteiger charge is -2.07. The predicted octanol–water partition coefficient (Wildman–Crippen LogP) is 2.63. The number of rotatable bonds is 6. The Morgan fingerprint density at radius 1 is 1.38 bits per heavy atom. The van der Waals surface area contributed by atoms with Gasteiger partial charge in [0.2, 0.25) is 0 Å². The van der Waals surface area contributed by atoms with Gasteiger partial charge in [-0.3, -0.25) is 4.79 Å². The van der Waals surface area contributed by atoms with Crippen molar-refractivity contribution in [3.8, 4) is 11.3 Å². The van der Waals surface area contributed by atoms with Crippen LogP contribution in [0.5, 0.6) is 0 Å². The summed E-state index contributed by atoms with van der Waals surface area (Å²) < 4.78 is 6.98. The molecule has 1 fully saturated rings. The average Bonchev–Trinajstić information content (AvgIpc) is 3.20. The van der Waals surface area contributed by atoms with Gasteiger partial charge in [0.05, 0.1) is 11.6 Å². The van der Waals surface area contributed by atoms with Crippen molar-refractivity contribution in [1.82, 2.24) is 30.7 Å². The summed E-state index contributed by atoms with van der Waals surface area (Å²) in [7, 11) is 0. The highest BCUT2D eigenvalue weighted by Gasteiger charge is 2.25. The van der Waals surface area contributed by atoms with Crippen LogP contribution in [0.4, 0.5) is 0 Å². The van der Waals surface area contributed by atoms with Crippen LogP contribution in [-0.4, -0.2) is 31.3 Å². The van der Waals surface area contributed by atoms with Crippen LogP contribution in [0.1, 0.15) is 34.8 Å². The summed E-state index contributed by atoms with van der Waals surface area (Å²) in [6.45, 7) is 2.71. The van der Waals surface area contributed by atoms with E-state index < -0.39 is 0 Å². The number of amides is 1. The van der Waals surface area contributed by atoms with Crippen molar-refractivity contribution in [2.75, 3.05) is 0 Å². The highest BCUT2D eigenvalue weighted by Crippen LogP contribution is 2.31. The van der Waals surface area contributed by atoms with Crippen molar-refractivity contribution in [3.63, 3.8) is 0 Å². The number of hydrogen-bond donors (Lipinski definition) is 1. The largest absolute Gasteiger partial charge is 0.360 e. The van der Waals surface area contributed by atoms with E-state index in [1.54, 1.807) is 23.7 Å². The first-order valence-corrected chi connectivity index (χ1v) is 8.75. The summed E-state index contributed by atoms with van der Waals surface area (Å²) in [6.07, 6.45) is 2.40. The van der Waals surface area contributed by atoms with Gasteiger partial charge in [-0.2, -0.15) is 0 Å². The zero-order valence-corrected chi connectivity index (χ0v) is 14.9. The Balaban J connectivity index is 1.53. The smallest absolute Gasteiger partial charge is 0.257 e. The Morgan fingerprint density at radius 2 is 2.19 bits per heavy atom.